The van der Waals surface area contributed by atoms with Gasteiger partial charge in [-0.2, -0.15) is 0 Å². The second-order valence-corrected chi connectivity index (χ2v) is 8.53. The molecule has 5 heteroatoms. The molecule has 0 aliphatic carbocycles. The predicted octanol–water partition coefficient (Wildman–Crippen LogP) is 4.62. The van der Waals surface area contributed by atoms with Crippen LogP contribution < -0.4 is 0 Å². The molecule has 4 nitrogen and oxygen atoms in total. The van der Waals surface area contributed by atoms with E-state index in [1.165, 1.54) is 12.1 Å². The Kier molecular flexibility index (Phi) is 5.76. The fourth-order valence-electron chi connectivity index (χ4n) is 5.13. The quantitative estimate of drug-likeness (QED) is 0.653. The molecule has 162 valence electrons. The SMILES string of the molecule is O[C@@H](CN1CCC(C2(c3ccc(F)cc3)OCCO2)CC1)c1cccc2ccccc12. The summed E-state index contributed by atoms with van der Waals surface area (Å²) in [5.41, 5.74) is 1.87. The third-order valence-corrected chi connectivity index (χ3v) is 6.70. The zero-order valence-corrected chi connectivity index (χ0v) is 17.5. The van der Waals surface area contributed by atoms with Gasteiger partial charge in [0.25, 0.3) is 0 Å². The van der Waals surface area contributed by atoms with E-state index in [0.717, 1.165) is 47.8 Å². The Morgan fingerprint density at radius 2 is 1.61 bits per heavy atom. The number of benzene rings is 3. The number of piperidine rings is 1. The van der Waals surface area contributed by atoms with E-state index in [9.17, 15) is 9.50 Å². The largest absolute Gasteiger partial charge is 0.387 e. The number of halogens is 1. The lowest BCUT2D eigenvalue weighted by atomic mass is 9.84. The van der Waals surface area contributed by atoms with Gasteiger partial charge < -0.3 is 19.5 Å². The van der Waals surface area contributed by atoms with Gasteiger partial charge in [-0.1, -0.05) is 54.6 Å². The number of ether oxygens (including phenoxy) is 2. The zero-order valence-electron chi connectivity index (χ0n) is 17.5. The van der Waals surface area contributed by atoms with Gasteiger partial charge in [0.2, 0.25) is 0 Å². The maximum Gasteiger partial charge on any atom is 0.197 e. The average Bonchev–Trinajstić information content (AvgIpc) is 3.31. The Bertz CT molecular complexity index is 1020. The maximum atomic E-state index is 13.4. The predicted molar refractivity (Wildman–Crippen MR) is 118 cm³/mol. The average molecular weight is 422 g/mol. The third-order valence-electron chi connectivity index (χ3n) is 6.70. The van der Waals surface area contributed by atoms with Crippen molar-refractivity contribution in [2.45, 2.75) is 24.7 Å². The smallest absolute Gasteiger partial charge is 0.197 e. The number of hydrogen-bond acceptors (Lipinski definition) is 4. The highest BCUT2D eigenvalue weighted by Crippen LogP contribution is 2.43. The number of nitrogens with zero attached hydrogens (tertiary/aromatic N) is 1. The second kappa shape index (κ2) is 8.67. The van der Waals surface area contributed by atoms with Crippen LogP contribution >= 0.6 is 0 Å². The molecule has 3 aromatic carbocycles. The Hall–Kier alpha value is -2.31. The summed E-state index contributed by atoms with van der Waals surface area (Å²) < 4.78 is 25.7. The first kappa shape index (κ1) is 20.6. The van der Waals surface area contributed by atoms with Gasteiger partial charge in [0.05, 0.1) is 19.3 Å². The number of aliphatic hydroxyl groups is 1. The highest BCUT2D eigenvalue weighted by atomic mass is 19.1. The number of hydrogen-bond donors (Lipinski definition) is 1. The maximum absolute atomic E-state index is 13.4. The minimum Gasteiger partial charge on any atom is -0.387 e. The van der Waals surface area contributed by atoms with Crippen molar-refractivity contribution in [1.82, 2.24) is 4.90 Å². The van der Waals surface area contributed by atoms with Crippen molar-refractivity contribution >= 4 is 10.8 Å². The Labute approximate surface area is 182 Å². The Morgan fingerprint density at radius 1 is 0.935 bits per heavy atom. The van der Waals surface area contributed by atoms with Crippen LogP contribution in [0.5, 0.6) is 0 Å². The molecule has 1 atom stereocenters. The summed E-state index contributed by atoms with van der Waals surface area (Å²) >= 11 is 0. The summed E-state index contributed by atoms with van der Waals surface area (Å²) in [5, 5.41) is 13.2. The Morgan fingerprint density at radius 3 is 2.35 bits per heavy atom. The summed E-state index contributed by atoms with van der Waals surface area (Å²) in [6.07, 6.45) is 1.27. The van der Waals surface area contributed by atoms with E-state index in [1.54, 1.807) is 12.1 Å². The standard InChI is InChI=1S/C26H28FNO3/c27-22-10-8-20(9-11-22)26(30-16-17-31-26)21-12-14-28(15-13-21)18-25(29)24-7-3-5-19-4-1-2-6-23(19)24/h1-11,21,25,29H,12-18H2/t25-/m0/s1. The van der Waals surface area contributed by atoms with Crippen molar-refractivity contribution in [2.24, 2.45) is 5.92 Å². The van der Waals surface area contributed by atoms with Crippen LogP contribution in [0.4, 0.5) is 4.39 Å². The fraction of sp³-hybridized carbons (Fsp3) is 0.385. The number of rotatable bonds is 5. The van der Waals surface area contributed by atoms with E-state index < -0.39 is 11.9 Å². The molecule has 2 fully saturated rings. The van der Waals surface area contributed by atoms with Gasteiger partial charge in [0, 0.05) is 18.0 Å². The van der Waals surface area contributed by atoms with Gasteiger partial charge in [-0.15, -0.1) is 0 Å². The van der Waals surface area contributed by atoms with Crippen molar-refractivity contribution in [3.8, 4) is 0 Å². The normalized spacial score (nSPS) is 20.8. The van der Waals surface area contributed by atoms with Crippen LogP contribution in [0.2, 0.25) is 0 Å². The lowest BCUT2D eigenvalue weighted by Crippen LogP contribution is -2.45. The highest BCUT2D eigenvalue weighted by molar-refractivity contribution is 5.85. The lowest BCUT2D eigenvalue weighted by Gasteiger charge is -2.41. The number of β-amino-alcohol motifs (C(OH)–C–C–N with tert-alkyl or cyclic N) is 1. The molecule has 2 aliphatic rings. The number of aliphatic hydroxyl groups excluding tert-OH is 1. The van der Waals surface area contributed by atoms with Crippen LogP contribution in [-0.2, 0) is 15.3 Å². The summed E-state index contributed by atoms with van der Waals surface area (Å²) in [6, 6.07) is 20.8. The minimum absolute atomic E-state index is 0.200. The van der Waals surface area contributed by atoms with Gasteiger partial charge in [-0.3, -0.25) is 0 Å². The van der Waals surface area contributed by atoms with Crippen LogP contribution in [0.15, 0.2) is 66.7 Å². The van der Waals surface area contributed by atoms with Crippen molar-refractivity contribution in [2.75, 3.05) is 32.8 Å². The first-order valence-electron chi connectivity index (χ1n) is 11.1. The van der Waals surface area contributed by atoms with Gasteiger partial charge in [-0.25, -0.2) is 4.39 Å². The van der Waals surface area contributed by atoms with Gasteiger partial charge in [0.15, 0.2) is 5.79 Å². The number of likely N-dealkylation sites (tertiary alicyclic amines) is 1. The Balaban J connectivity index is 1.27. The fourth-order valence-corrected chi connectivity index (χ4v) is 5.13. The summed E-state index contributed by atoms with van der Waals surface area (Å²) in [5.74, 6) is -0.839. The van der Waals surface area contributed by atoms with E-state index >= 15 is 0 Å². The topological polar surface area (TPSA) is 41.9 Å². The van der Waals surface area contributed by atoms with Crippen molar-refractivity contribution < 1.29 is 19.0 Å². The minimum atomic E-state index is -0.784. The summed E-state index contributed by atoms with van der Waals surface area (Å²) in [6.45, 7) is 3.44. The van der Waals surface area contributed by atoms with Crippen LogP contribution in [0.25, 0.3) is 10.8 Å². The van der Waals surface area contributed by atoms with Crippen LogP contribution in [0.1, 0.15) is 30.1 Å². The first-order chi connectivity index (χ1) is 15.2. The van der Waals surface area contributed by atoms with Crippen LogP contribution in [0, 0.1) is 11.7 Å². The lowest BCUT2D eigenvalue weighted by molar-refractivity contribution is -0.214. The van der Waals surface area contributed by atoms with E-state index in [1.807, 2.05) is 24.3 Å². The van der Waals surface area contributed by atoms with Crippen molar-refractivity contribution in [3.63, 3.8) is 0 Å². The summed E-state index contributed by atoms with van der Waals surface area (Å²) in [4.78, 5) is 2.32. The van der Waals surface area contributed by atoms with E-state index in [-0.39, 0.29) is 11.7 Å². The highest BCUT2D eigenvalue weighted by Gasteiger charge is 2.47. The molecule has 0 bridgehead atoms. The zero-order chi connectivity index (χ0) is 21.3. The third kappa shape index (κ3) is 3.99. The molecule has 0 aromatic heterocycles. The van der Waals surface area contributed by atoms with Crippen molar-refractivity contribution in [1.29, 1.82) is 0 Å². The van der Waals surface area contributed by atoms with Crippen molar-refractivity contribution in [3.05, 3.63) is 83.7 Å². The molecular formula is C26H28FNO3. The van der Waals surface area contributed by atoms with E-state index in [2.05, 4.69) is 23.1 Å². The molecular weight excluding hydrogens is 393 g/mol. The molecule has 0 radical (unpaired) electrons. The van der Waals surface area contributed by atoms with E-state index in [0.29, 0.717) is 19.8 Å². The van der Waals surface area contributed by atoms with Crippen LogP contribution in [0.3, 0.4) is 0 Å². The monoisotopic (exact) mass is 421 g/mol. The molecule has 0 spiro atoms. The molecule has 31 heavy (non-hydrogen) atoms. The molecule has 3 aromatic rings. The van der Waals surface area contributed by atoms with Gasteiger partial charge in [0.1, 0.15) is 5.82 Å². The molecule has 2 aliphatic heterocycles. The van der Waals surface area contributed by atoms with Gasteiger partial charge >= 0.3 is 0 Å². The molecule has 0 unspecified atom stereocenters. The summed E-state index contributed by atoms with van der Waals surface area (Å²) in [7, 11) is 0. The molecule has 2 heterocycles. The van der Waals surface area contributed by atoms with Gasteiger partial charge in [-0.05, 0) is 54.4 Å². The first-order valence-corrected chi connectivity index (χ1v) is 11.1. The molecule has 0 saturated carbocycles. The molecule has 1 N–H and O–H groups in total. The number of fused-ring (bicyclic) bond motifs is 1. The van der Waals surface area contributed by atoms with E-state index in [4.69, 9.17) is 9.47 Å². The second-order valence-electron chi connectivity index (χ2n) is 8.53. The molecule has 5 rings (SSSR count). The molecule has 0 amide bonds. The van der Waals surface area contributed by atoms with Crippen LogP contribution in [-0.4, -0.2) is 42.9 Å². The molecule has 2 saturated heterocycles.